The van der Waals surface area contributed by atoms with E-state index < -0.39 is 17.7 Å². The number of aryl methyl sites for hydroxylation is 1. The van der Waals surface area contributed by atoms with Crippen LogP contribution in [0.5, 0.6) is 5.75 Å². The van der Waals surface area contributed by atoms with Crippen LogP contribution in [0.1, 0.15) is 34.9 Å². The van der Waals surface area contributed by atoms with Crippen molar-refractivity contribution in [3.8, 4) is 5.75 Å². The van der Waals surface area contributed by atoms with Gasteiger partial charge in [-0.3, -0.25) is 9.59 Å². The molecule has 1 aliphatic rings. The monoisotopic (exact) mass is 474 g/mol. The smallest absolute Gasteiger partial charge is 0.295 e. The van der Waals surface area contributed by atoms with Crippen molar-refractivity contribution in [3.63, 3.8) is 0 Å². The summed E-state index contributed by atoms with van der Waals surface area (Å²) in [4.78, 5) is 29.4. The van der Waals surface area contributed by atoms with E-state index in [0.717, 1.165) is 17.7 Å². The number of nitrogens with zero attached hydrogens (tertiary/aromatic N) is 2. The number of carbonyl (C=O) groups excluding carboxylic acids is 2. The second-order valence-electron chi connectivity index (χ2n) is 8.97. The first-order valence-electron chi connectivity index (χ1n) is 11.6. The van der Waals surface area contributed by atoms with Crippen LogP contribution in [0.4, 0.5) is 0 Å². The molecule has 2 aromatic carbocycles. The number of aliphatic hydroxyl groups is 1. The molecule has 0 aliphatic carbocycles. The Hall–Kier alpha value is -3.84. The van der Waals surface area contributed by atoms with Gasteiger partial charge in [-0.2, -0.15) is 0 Å². The lowest BCUT2D eigenvalue weighted by atomic mass is 9.99. The molecule has 3 aromatic rings. The van der Waals surface area contributed by atoms with Crippen molar-refractivity contribution in [2.24, 2.45) is 0 Å². The Morgan fingerprint density at radius 3 is 2.51 bits per heavy atom. The van der Waals surface area contributed by atoms with E-state index in [1.807, 2.05) is 44.1 Å². The summed E-state index contributed by atoms with van der Waals surface area (Å²) in [6.07, 6.45) is 2.18. The Kier molecular flexibility index (Phi) is 7.36. The highest BCUT2D eigenvalue weighted by atomic mass is 16.5. The average molecular weight is 475 g/mol. The molecule has 2 heterocycles. The SMILES string of the molecule is Cc1cccc(COc2ccc(/C(O)=C3/C(=O)C(=O)N(CCCN(C)C)C3c3ccco3)cc2)c1. The molecule has 1 atom stereocenters. The highest BCUT2D eigenvalue weighted by Gasteiger charge is 2.47. The Labute approximate surface area is 205 Å². The van der Waals surface area contributed by atoms with Crippen LogP contribution in [-0.2, 0) is 16.2 Å². The van der Waals surface area contributed by atoms with Crippen molar-refractivity contribution in [1.82, 2.24) is 9.80 Å². The molecule has 35 heavy (non-hydrogen) atoms. The molecule has 0 saturated carbocycles. The first kappa shape index (κ1) is 24.3. The molecule has 1 aliphatic heterocycles. The number of hydrogen-bond donors (Lipinski definition) is 1. The van der Waals surface area contributed by atoms with Crippen LogP contribution in [0, 0.1) is 6.92 Å². The number of ether oxygens (including phenoxy) is 1. The van der Waals surface area contributed by atoms with Gasteiger partial charge in [0, 0.05) is 12.1 Å². The molecular weight excluding hydrogens is 444 g/mol. The van der Waals surface area contributed by atoms with E-state index in [4.69, 9.17) is 9.15 Å². The molecule has 1 saturated heterocycles. The number of furan rings is 1. The van der Waals surface area contributed by atoms with Gasteiger partial charge in [-0.05, 0) is 75.9 Å². The largest absolute Gasteiger partial charge is 0.507 e. The van der Waals surface area contributed by atoms with Crippen LogP contribution in [0.2, 0.25) is 0 Å². The number of likely N-dealkylation sites (tertiary alicyclic amines) is 1. The second kappa shape index (κ2) is 10.6. The maximum Gasteiger partial charge on any atom is 0.295 e. The number of hydrogen-bond acceptors (Lipinski definition) is 6. The molecule has 0 bridgehead atoms. The first-order valence-corrected chi connectivity index (χ1v) is 11.6. The van der Waals surface area contributed by atoms with Crippen LogP contribution in [0.3, 0.4) is 0 Å². The lowest BCUT2D eigenvalue weighted by molar-refractivity contribution is -0.140. The molecule has 1 N–H and O–H groups in total. The Morgan fingerprint density at radius 1 is 1.09 bits per heavy atom. The average Bonchev–Trinajstić information content (AvgIpc) is 3.45. The maximum atomic E-state index is 13.0. The van der Waals surface area contributed by atoms with Crippen molar-refractivity contribution in [1.29, 1.82) is 0 Å². The van der Waals surface area contributed by atoms with E-state index in [2.05, 4.69) is 6.07 Å². The minimum Gasteiger partial charge on any atom is -0.507 e. The molecular formula is C28H30N2O5. The summed E-state index contributed by atoms with van der Waals surface area (Å²) < 4.78 is 11.4. The first-order chi connectivity index (χ1) is 16.8. The number of carbonyl (C=O) groups is 2. The van der Waals surface area contributed by atoms with Gasteiger partial charge in [0.1, 0.15) is 29.9 Å². The van der Waals surface area contributed by atoms with E-state index in [9.17, 15) is 14.7 Å². The van der Waals surface area contributed by atoms with Crippen molar-refractivity contribution >= 4 is 17.4 Å². The van der Waals surface area contributed by atoms with E-state index in [1.54, 1.807) is 36.4 Å². The minimum absolute atomic E-state index is 0.0308. The van der Waals surface area contributed by atoms with E-state index in [-0.39, 0.29) is 11.3 Å². The van der Waals surface area contributed by atoms with Gasteiger partial charge in [-0.25, -0.2) is 0 Å². The fraction of sp³-hybridized carbons (Fsp3) is 0.286. The Morgan fingerprint density at radius 2 is 1.86 bits per heavy atom. The van der Waals surface area contributed by atoms with E-state index in [1.165, 1.54) is 11.2 Å². The molecule has 0 spiro atoms. The van der Waals surface area contributed by atoms with Crippen LogP contribution in [-0.4, -0.2) is 53.8 Å². The van der Waals surface area contributed by atoms with Gasteiger partial charge >= 0.3 is 0 Å². The summed E-state index contributed by atoms with van der Waals surface area (Å²) in [7, 11) is 3.90. The van der Waals surface area contributed by atoms with Gasteiger partial charge in [0.25, 0.3) is 11.7 Å². The molecule has 182 valence electrons. The fourth-order valence-electron chi connectivity index (χ4n) is 4.24. The van der Waals surface area contributed by atoms with Crippen molar-refractivity contribution in [3.05, 3.63) is 95.0 Å². The summed E-state index contributed by atoms with van der Waals surface area (Å²) in [5, 5.41) is 11.1. The zero-order valence-corrected chi connectivity index (χ0v) is 20.2. The molecule has 0 radical (unpaired) electrons. The summed E-state index contributed by atoms with van der Waals surface area (Å²) >= 11 is 0. The Balaban J connectivity index is 1.58. The third-order valence-corrected chi connectivity index (χ3v) is 5.97. The lowest BCUT2D eigenvalue weighted by Crippen LogP contribution is -2.32. The van der Waals surface area contributed by atoms with Gasteiger partial charge in [0.05, 0.1) is 11.8 Å². The van der Waals surface area contributed by atoms with Gasteiger partial charge in [0.15, 0.2) is 0 Å². The summed E-state index contributed by atoms with van der Waals surface area (Å²) in [5.41, 5.74) is 2.68. The lowest BCUT2D eigenvalue weighted by Gasteiger charge is -2.24. The number of amides is 1. The Bertz CT molecular complexity index is 1210. The summed E-state index contributed by atoms with van der Waals surface area (Å²) in [6.45, 7) is 3.58. The molecule has 7 heteroatoms. The predicted octanol–water partition coefficient (Wildman–Crippen LogP) is 4.54. The standard InChI is InChI=1S/C28H30N2O5/c1-19-7-4-8-20(17-19)18-35-22-12-10-21(11-13-22)26(31)24-25(23-9-5-16-34-23)30(28(33)27(24)32)15-6-14-29(2)3/h4-5,7-13,16-17,25,31H,6,14-15,18H2,1-3H3/b26-24-. The zero-order chi connectivity index (χ0) is 24.9. The highest BCUT2D eigenvalue weighted by molar-refractivity contribution is 6.46. The third-order valence-electron chi connectivity index (χ3n) is 5.97. The minimum atomic E-state index is -0.774. The van der Waals surface area contributed by atoms with Crippen molar-refractivity contribution in [2.75, 3.05) is 27.2 Å². The molecule has 1 aromatic heterocycles. The van der Waals surface area contributed by atoms with E-state index >= 15 is 0 Å². The number of Topliss-reactive ketones (excluding diaryl/α,β-unsaturated/α-hetero) is 1. The number of rotatable bonds is 9. The topological polar surface area (TPSA) is 83.2 Å². The number of aliphatic hydroxyl groups excluding tert-OH is 1. The quantitative estimate of drug-likeness (QED) is 0.279. The van der Waals surface area contributed by atoms with Crippen molar-refractivity contribution in [2.45, 2.75) is 26.0 Å². The normalized spacial score (nSPS) is 17.4. The molecule has 7 nitrogen and oxygen atoms in total. The predicted molar refractivity (Wildman–Crippen MR) is 133 cm³/mol. The fourth-order valence-corrected chi connectivity index (χ4v) is 4.24. The van der Waals surface area contributed by atoms with Crippen LogP contribution < -0.4 is 4.74 Å². The molecule has 1 unspecified atom stereocenters. The van der Waals surface area contributed by atoms with Crippen LogP contribution >= 0.6 is 0 Å². The zero-order valence-electron chi connectivity index (χ0n) is 20.2. The highest BCUT2D eigenvalue weighted by Crippen LogP contribution is 2.39. The van der Waals surface area contributed by atoms with Gasteiger partial charge in [-0.1, -0.05) is 29.8 Å². The van der Waals surface area contributed by atoms with E-state index in [0.29, 0.717) is 36.6 Å². The summed E-state index contributed by atoms with van der Waals surface area (Å²) in [6, 6.07) is 17.6. The summed E-state index contributed by atoms with van der Waals surface area (Å²) in [5.74, 6) is -0.507. The van der Waals surface area contributed by atoms with Gasteiger partial charge < -0.3 is 24.1 Å². The van der Waals surface area contributed by atoms with Gasteiger partial charge in [0.2, 0.25) is 0 Å². The van der Waals surface area contributed by atoms with Crippen LogP contribution in [0.15, 0.2) is 76.9 Å². The van der Waals surface area contributed by atoms with Crippen LogP contribution in [0.25, 0.3) is 5.76 Å². The number of ketones is 1. The second-order valence-corrected chi connectivity index (χ2v) is 8.97. The number of benzene rings is 2. The maximum absolute atomic E-state index is 13.0. The third kappa shape index (κ3) is 5.46. The molecule has 1 amide bonds. The molecule has 4 rings (SSSR count). The van der Waals surface area contributed by atoms with Gasteiger partial charge in [-0.15, -0.1) is 0 Å². The van der Waals surface area contributed by atoms with Crippen molar-refractivity contribution < 1.29 is 23.8 Å². The molecule has 1 fully saturated rings.